The minimum absolute atomic E-state index is 0.0352. The van der Waals surface area contributed by atoms with Crippen molar-refractivity contribution in [2.24, 2.45) is 11.3 Å². The highest BCUT2D eigenvalue weighted by atomic mass is 19.4. The Morgan fingerprint density at radius 2 is 1.67 bits per heavy atom. The molecule has 0 radical (unpaired) electrons. The number of hydrogen-bond donors (Lipinski definition) is 2. The second-order valence-electron chi connectivity index (χ2n) is 9.29. The molecule has 2 atom stereocenters. The molecule has 3 fully saturated rings. The van der Waals surface area contributed by atoms with Crippen LogP contribution in [0, 0.1) is 11.3 Å². The number of likely N-dealkylation sites (tertiary alicyclic amines) is 2. The predicted molar refractivity (Wildman–Crippen MR) is 120 cm³/mol. The van der Waals surface area contributed by atoms with Crippen molar-refractivity contribution >= 4 is 17.8 Å². The molecule has 0 aliphatic carbocycles. The number of ether oxygens (including phenoxy) is 2. The van der Waals surface area contributed by atoms with Gasteiger partial charge in [-0.3, -0.25) is 14.7 Å². The van der Waals surface area contributed by atoms with Crippen molar-refractivity contribution in [1.82, 2.24) is 14.8 Å². The second-order valence-corrected chi connectivity index (χ2v) is 9.29. The Hall–Kier alpha value is -2.98. The van der Waals surface area contributed by atoms with E-state index in [1.54, 1.807) is 0 Å². The van der Waals surface area contributed by atoms with Crippen LogP contribution in [0.1, 0.15) is 18.4 Å². The van der Waals surface area contributed by atoms with Gasteiger partial charge in [-0.25, -0.2) is 9.59 Å². The number of fused-ring (bicyclic) bond motifs is 1. The van der Waals surface area contributed by atoms with E-state index in [9.17, 15) is 31.1 Å². The van der Waals surface area contributed by atoms with Crippen molar-refractivity contribution < 1.29 is 60.4 Å². The Labute approximate surface area is 219 Å². The molecule has 0 bridgehead atoms. The first-order valence-electron chi connectivity index (χ1n) is 11.8. The highest BCUT2D eigenvalue weighted by Crippen LogP contribution is 2.42. The SMILES string of the molecule is O=C(COC[C@]12COC[C@H]1CN(Cc1cccnc1)C2)N1CCCC1.O=C(O)C(F)(F)F.O=C(O)C(F)(F)F. The zero-order valence-electron chi connectivity index (χ0n) is 20.7. The fourth-order valence-electron chi connectivity index (χ4n) is 4.42. The Kier molecular flexibility index (Phi) is 11.5. The van der Waals surface area contributed by atoms with Gasteiger partial charge in [-0.1, -0.05) is 6.07 Å². The summed E-state index contributed by atoms with van der Waals surface area (Å²) < 4.78 is 75.1. The van der Waals surface area contributed by atoms with Gasteiger partial charge in [0.05, 0.1) is 19.8 Å². The zero-order chi connectivity index (χ0) is 29.3. The highest BCUT2D eigenvalue weighted by Gasteiger charge is 2.50. The van der Waals surface area contributed by atoms with Crippen molar-refractivity contribution in [3.8, 4) is 0 Å². The molecule has 3 saturated heterocycles. The number of amides is 1. The van der Waals surface area contributed by atoms with E-state index in [2.05, 4.69) is 16.0 Å². The second kappa shape index (κ2) is 13.9. The zero-order valence-corrected chi connectivity index (χ0v) is 20.7. The van der Waals surface area contributed by atoms with Crippen LogP contribution in [0.25, 0.3) is 0 Å². The normalized spacial score (nSPS) is 22.8. The molecule has 0 unspecified atom stereocenters. The molecular weight excluding hydrogens is 544 g/mol. The van der Waals surface area contributed by atoms with Crippen LogP contribution in [0.5, 0.6) is 0 Å². The first kappa shape index (κ1) is 32.2. The monoisotopic (exact) mass is 573 g/mol. The van der Waals surface area contributed by atoms with E-state index >= 15 is 0 Å². The van der Waals surface area contributed by atoms with Crippen molar-refractivity contribution in [3.05, 3.63) is 30.1 Å². The topological polar surface area (TPSA) is 130 Å². The van der Waals surface area contributed by atoms with E-state index in [1.807, 2.05) is 23.4 Å². The van der Waals surface area contributed by atoms with Gasteiger partial charge >= 0.3 is 24.3 Å². The summed E-state index contributed by atoms with van der Waals surface area (Å²) in [7, 11) is 0. The van der Waals surface area contributed by atoms with Gasteiger partial charge in [0.2, 0.25) is 5.91 Å². The van der Waals surface area contributed by atoms with Crippen molar-refractivity contribution in [3.63, 3.8) is 0 Å². The summed E-state index contributed by atoms with van der Waals surface area (Å²) in [6, 6.07) is 4.10. The minimum atomic E-state index is -5.08. The lowest BCUT2D eigenvalue weighted by Crippen LogP contribution is -2.38. The van der Waals surface area contributed by atoms with E-state index in [-0.39, 0.29) is 17.9 Å². The lowest BCUT2D eigenvalue weighted by molar-refractivity contribution is -0.193. The average molecular weight is 573 g/mol. The summed E-state index contributed by atoms with van der Waals surface area (Å²) in [5, 5.41) is 14.2. The number of pyridine rings is 1. The maximum atomic E-state index is 12.2. The Morgan fingerprint density at radius 1 is 1.08 bits per heavy atom. The fourth-order valence-corrected chi connectivity index (χ4v) is 4.42. The quantitative estimate of drug-likeness (QED) is 0.493. The summed E-state index contributed by atoms with van der Waals surface area (Å²) >= 11 is 0. The molecule has 4 heterocycles. The number of carbonyl (C=O) groups is 3. The summed E-state index contributed by atoms with van der Waals surface area (Å²) in [6.45, 7) is 7.03. The summed E-state index contributed by atoms with van der Waals surface area (Å²) in [5.74, 6) is -4.89. The number of aromatic nitrogens is 1. The molecule has 0 aromatic carbocycles. The molecule has 1 aromatic rings. The van der Waals surface area contributed by atoms with Crippen LogP contribution in [0.15, 0.2) is 24.5 Å². The standard InChI is InChI=1S/C19H27N3O3.2C2HF3O2/c23-18(22-6-1-2-7-22)12-25-15-19-13-21(10-17(19)11-24-14-19)9-16-4-3-5-20-8-16;2*3-2(4,5)1(6)7/h3-5,8,17H,1-2,6-7,9-15H2;2*(H,6,7)/t17-,19+;;/m1../s1. The number of carbonyl (C=O) groups excluding carboxylic acids is 1. The van der Waals surface area contributed by atoms with E-state index in [0.717, 1.165) is 58.8 Å². The maximum absolute atomic E-state index is 12.2. The summed E-state index contributed by atoms with van der Waals surface area (Å²) in [5.41, 5.74) is 1.27. The molecule has 39 heavy (non-hydrogen) atoms. The molecule has 2 N–H and O–H groups in total. The van der Waals surface area contributed by atoms with Crippen LogP contribution in [-0.4, -0.2) is 108 Å². The minimum Gasteiger partial charge on any atom is -0.475 e. The summed E-state index contributed by atoms with van der Waals surface area (Å²) in [6.07, 6.45) is -4.19. The summed E-state index contributed by atoms with van der Waals surface area (Å²) in [4.78, 5) is 38.6. The van der Waals surface area contributed by atoms with Crippen LogP contribution >= 0.6 is 0 Å². The van der Waals surface area contributed by atoms with Gasteiger partial charge in [-0.2, -0.15) is 26.3 Å². The van der Waals surface area contributed by atoms with Crippen LogP contribution in [0.4, 0.5) is 26.3 Å². The molecule has 10 nitrogen and oxygen atoms in total. The Balaban J connectivity index is 0.000000317. The number of rotatable bonds is 6. The fraction of sp³-hybridized carbons (Fsp3) is 0.652. The van der Waals surface area contributed by atoms with Crippen molar-refractivity contribution in [2.75, 3.05) is 52.6 Å². The van der Waals surface area contributed by atoms with Crippen LogP contribution in [-0.2, 0) is 30.4 Å². The molecule has 1 amide bonds. The molecule has 3 aliphatic heterocycles. The van der Waals surface area contributed by atoms with Gasteiger partial charge in [0, 0.05) is 56.5 Å². The number of aliphatic carboxylic acids is 2. The van der Waals surface area contributed by atoms with Crippen molar-refractivity contribution in [1.29, 1.82) is 0 Å². The van der Waals surface area contributed by atoms with Crippen LogP contribution < -0.4 is 0 Å². The molecule has 3 aliphatic rings. The van der Waals surface area contributed by atoms with Crippen LogP contribution in [0.2, 0.25) is 0 Å². The van der Waals surface area contributed by atoms with Crippen molar-refractivity contribution in [2.45, 2.75) is 31.7 Å². The Morgan fingerprint density at radius 3 is 2.18 bits per heavy atom. The van der Waals surface area contributed by atoms with Gasteiger partial charge in [-0.15, -0.1) is 0 Å². The third-order valence-electron chi connectivity index (χ3n) is 6.28. The van der Waals surface area contributed by atoms with Gasteiger partial charge < -0.3 is 24.6 Å². The van der Waals surface area contributed by atoms with Gasteiger partial charge in [-0.05, 0) is 24.5 Å². The molecule has 0 saturated carbocycles. The van der Waals surface area contributed by atoms with Gasteiger partial charge in [0.1, 0.15) is 6.61 Å². The Bertz CT molecular complexity index is 934. The van der Waals surface area contributed by atoms with E-state index < -0.39 is 24.3 Å². The van der Waals surface area contributed by atoms with E-state index in [1.165, 1.54) is 5.56 Å². The third-order valence-corrected chi connectivity index (χ3v) is 6.28. The lowest BCUT2D eigenvalue weighted by atomic mass is 9.82. The number of carboxylic acids is 2. The number of halogens is 6. The van der Waals surface area contributed by atoms with E-state index in [4.69, 9.17) is 29.3 Å². The number of alkyl halides is 6. The van der Waals surface area contributed by atoms with E-state index in [0.29, 0.717) is 12.5 Å². The molecule has 4 rings (SSSR count). The number of nitrogens with zero attached hydrogens (tertiary/aromatic N) is 3. The molecule has 1 aromatic heterocycles. The molecule has 16 heteroatoms. The molecular formula is C23H29F6N3O7. The molecule has 0 spiro atoms. The largest absolute Gasteiger partial charge is 0.490 e. The highest BCUT2D eigenvalue weighted by molar-refractivity contribution is 5.77. The average Bonchev–Trinajstić information content (AvgIpc) is 3.56. The predicted octanol–water partition coefficient (Wildman–Crippen LogP) is 2.44. The van der Waals surface area contributed by atoms with Gasteiger partial charge in [0.25, 0.3) is 0 Å². The molecule has 220 valence electrons. The number of hydrogen-bond acceptors (Lipinski definition) is 7. The smallest absolute Gasteiger partial charge is 0.475 e. The van der Waals surface area contributed by atoms with Crippen LogP contribution in [0.3, 0.4) is 0 Å². The number of carboxylic acid groups (broad SMARTS) is 2. The van der Waals surface area contributed by atoms with Gasteiger partial charge in [0.15, 0.2) is 0 Å². The first-order chi connectivity index (χ1) is 18.1. The third kappa shape index (κ3) is 10.3. The first-order valence-corrected chi connectivity index (χ1v) is 11.8. The lowest BCUT2D eigenvalue weighted by Gasteiger charge is -2.27. The maximum Gasteiger partial charge on any atom is 0.490 e.